The molecule has 0 aromatic heterocycles. The van der Waals surface area contributed by atoms with Crippen LogP contribution < -0.4 is 27.8 Å². The number of aliphatic carboxylic acids is 1. The number of carboxylic acids is 1. The lowest BCUT2D eigenvalue weighted by Gasteiger charge is -2.24. The van der Waals surface area contributed by atoms with E-state index in [-0.39, 0.29) is 24.0 Å². The summed E-state index contributed by atoms with van der Waals surface area (Å²) in [4.78, 5) is 40.8. The van der Waals surface area contributed by atoms with Crippen molar-refractivity contribution in [3.05, 3.63) is 29.8 Å². The van der Waals surface area contributed by atoms with Crippen LogP contribution >= 0.6 is 0 Å². The van der Waals surface area contributed by atoms with Gasteiger partial charge in [-0.1, -0.05) is 26.0 Å². The summed E-state index contributed by atoms with van der Waals surface area (Å²) in [6, 6.07) is 3.02. The molecule has 3 unspecified atom stereocenters. The Morgan fingerprint density at radius 2 is 1.62 bits per heavy atom. The van der Waals surface area contributed by atoms with Gasteiger partial charge < -0.3 is 38.0 Å². The van der Waals surface area contributed by atoms with E-state index in [4.69, 9.17) is 17.2 Å². The average Bonchev–Trinajstić information content (AvgIpc) is 2.70. The normalized spacial score (nSPS) is 13.6. The molecule has 0 radical (unpaired) electrons. The molecular weight excluding hydrogens is 416 g/mol. The molecule has 0 spiro atoms. The molecule has 178 valence electrons. The van der Waals surface area contributed by atoms with Crippen molar-refractivity contribution < 1.29 is 24.6 Å². The molecule has 10 N–H and O–H groups in total. The first kappa shape index (κ1) is 26.7. The standard InChI is InChI=1S/C21H34N6O5/c1-12(2)10-16(26-18(29)15(22)4-3-9-25-21(23)24)19(30)27-17(20(31)32)11-13-5-7-14(28)8-6-13/h5-8,12,15-17,28H,3-4,9-11,22H2,1-2H3,(H,26,29)(H,27,30)(H,31,32)(H4,23,24,25). The molecule has 1 aromatic carbocycles. The fourth-order valence-corrected chi connectivity index (χ4v) is 2.97. The molecule has 0 saturated heterocycles. The quantitative estimate of drug-likeness (QED) is 0.117. The molecule has 0 fully saturated rings. The monoisotopic (exact) mass is 450 g/mol. The molecule has 0 aliphatic heterocycles. The van der Waals surface area contributed by atoms with Crippen molar-refractivity contribution in [3.63, 3.8) is 0 Å². The van der Waals surface area contributed by atoms with Gasteiger partial charge in [0.25, 0.3) is 0 Å². The van der Waals surface area contributed by atoms with Gasteiger partial charge >= 0.3 is 5.97 Å². The van der Waals surface area contributed by atoms with E-state index < -0.39 is 35.9 Å². The minimum atomic E-state index is -1.21. The summed E-state index contributed by atoms with van der Waals surface area (Å²) in [5.41, 5.74) is 17.0. The number of carbonyl (C=O) groups is 3. The summed E-state index contributed by atoms with van der Waals surface area (Å²) in [7, 11) is 0. The van der Waals surface area contributed by atoms with E-state index >= 15 is 0 Å². The topological polar surface area (TPSA) is 206 Å². The SMILES string of the molecule is CC(C)CC(NC(=O)C(N)CCCN=C(N)N)C(=O)NC(Cc1ccc(O)cc1)C(=O)O. The Hall–Kier alpha value is -3.34. The fourth-order valence-electron chi connectivity index (χ4n) is 2.97. The second-order valence-corrected chi connectivity index (χ2v) is 8.02. The largest absolute Gasteiger partial charge is 0.508 e. The molecule has 0 aliphatic carbocycles. The summed E-state index contributed by atoms with van der Waals surface area (Å²) in [6.07, 6.45) is 1.14. The summed E-state index contributed by atoms with van der Waals surface area (Å²) in [5.74, 6) is -2.26. The highest BCUT2D eigenvalue weighted by molar-refractivity contribution is 5.91. The van der Waals surface area contributed by atoms with Gasteiger partial charge in [0, 0.05) is 13.0 Å². The number of hydrogen-bond donors (Lipinski definition) is 7. The Labute approximate surface area is 187 Å². The molecular formula is C21H34N6O5. The second kappa shape index (κ2) is 13.2. The van der Waals surface area contributed by atoms with Crippen molar-refractivity contribution >= 4 is 23.7 Å². The van der Waals surface area contributed by atoms with Crippen molar-refractivity contribution in [3.8, 4) is 5.75 Å². The van der Waals surface area contributed by atoms with Crippen LogP contribution in [0, 0.1) is 5.92 Å². The Morgan fingerprint density at radius 3 is 2.16 bits per heavy atom. The van der Waals surface area contributed by atoms with Gasteiger partial charge in [-0.25, -0.2) is 4.79 Å². The van der Waals surface area contributed by atoms with Crippen LogP contribution in [0.3, 0.4) is 0 Å². The van der Waals surface area contributed by atoms with Crippen molar-refractivity contribution in [2.75, 3.05) is 6.54 Å². The second-order valence-electron chi connectivity index (χ2n) is 8.02. The van der Waals surface area contributed by atoms with E-state index in [0.29, 0.717) is 31.4 Å². The van der Waals surface area contributed by atoms with E-state index in [1.807, 2.05) is 13.8 Å². The highest BCUT2D eigenvalue weighted by Crippen LogP contribution is 2.12. The van der Waals surface area contributed by atoms with Crippen LogP contribution in [0.4, 0.5) is 0 Å². The van der Waals surface area contributed by atoms with E-state index in [1.165, 1.54) is 12.1 Å². The van der Waals surface area contributed by atoms with Crippen molar-refractivity contribution in [2.45, 2.75) is 57.7 Å². The first-order valence-corrected chi connectivity index (χ1v) is 10.4. The summed E-state index contributed by atoms with van der Waals surface area (Å²) < 4.78 is 0. The molecule has 0 saturated carbocycles. The number of benzene rings is 1. The minimum Gasteiger partial charge on any atom is -0.508 e. The number of carboxylic acid groups (broad SMARTS) is 1. The van der Waals surface area contributed by atoms with Crippen LogP contribution in [0.25, 0.3) is 0 Å². The maximum Gasteiger partial charge on any atom is 0.326 e. The molecule has 1 rings (SSSR count). The smallest absolute Gasteiger partial charge is 0.326 e. The van der Waals surface area contributed by atoms with Crippen LogP contribution in [0.2, 0.25) is 0 Å². The van der Waals surface area contributed by atoms with Crippen molar-refractivity contribution in [1.82, 2.24) is 10.6 Å². The van der Waals surface area contributed by atoms with Gasteiger partial charge in [-0.3, -0.25) is 14.6 Å². The lowest BCUT2D eigenvalue weighted by atomic mass is 10.0. The molecule has 0 aliphatic rings. The predicted octanol–water partition coefficient (Wildman–Crippen LogP) is -0.584. The van der Waals surface area contributed by atoms with Gasteiger partial charge in [-0.2, -0.15) is 0 Å². The Morgan fingerprint density at radius 1 is 1.03 bits per heavy atom. The number of amides is 2. The number of phenolic OH excluding ortho intramolecular Hbond substituents is 1. The van der Waals surface area contributed by atoms with Gasteiger partial charge in [0.1, 0.15) is 17.8 Å². The molecule has 1 aromatic rings. The average molecular weight is 451 g/mol. The zero-order valence-electron chi connectivity index (χ0n) is 18.5. The van der Waals surface area contributed by atoms with Crippen LogP contribution in [0.1, 0.15) is 38.7 Å². The molecule has 0 bridgehead atoms. The van der Waals surface area contributed by atoms with Crippen LogP contribution in [-0.2, 0) is 20.8 Å². The highest BCUT2D eigenvalue weighted by Gasteiger charge is 2.28. The maximum absolute atomic E-state index is 12.8. The minimum absolute atomic E-state index is 0.0218. The lowest BCUT2D eigenvalue weighted by molar-refractivity contribution is -0.142. The molecule has 11 heteroatoms. The van der Waals surface area contributed by atoms with Gasteiger partial charge in [0.2, 0.25) is 11.8 Å². The third-order valence-corrected chi connectivity index (χ3v) is 4.64. The number of rotatable bonds is 13. The number of aliphatic imine (C=N–C) groups is 1. The number of aromatic hydroxyl groups is 1. The number of guanidine groups is 1. The Balaban J connectivity index is 2.77. The Bertz CT molecular complexity index is 792. The van der Waals surface area contributed by atoms with Gasteiger partial charge in [0.15, 0.2) is 5.96 Å². The van der Waals surface area contributed by atoms with Gasteiger partial charge in [-0.15, -0.1) is 0 Å². The predicted molar refractivity (Wildman–Crippen MR) is 121 cm³/mol. The molecule has 3 atom stereocenters. The number of carbonyl (C=O) groups excluding carboxylic acids is 2. The zero-order valence-corrected chi connectivity index (χ0v) is 18.5. The summed E-state index contributed by atoms with van der Waals surface area (Å²) in [6.45, 7) is 4.09. The highest BCUT2D eigenvalue weighted by atomic mass is 16.4. The van der Waals surface area contributed by atoms with Crippen LogP contribution in [-0.4, -0.2) is 58.6 Å². The fraction of sp³-hybridized carbons (Fsp3) is 0.524. The molecule has 11 nitrogen and oxygen atoms in total. The number of nitrogens with two attached hydrogens (primary N) is 3. The number of nitrogens with one attached hydrogen (secondary N) is 2. The van der Waals surface area contributed by atoms with E-state index in [2.05, 4.69) is 15.6 Å². The number of nitrogens with zero attached hydrogens (tertiary/aromatic N) is 1. The molecule has 32 heavy (non-hydrogen) atoms. The van der Waals surface area contributed by atoms with Gasteiger partial charge in [-0.05, 0) is 42.9 Å². The number of phenols is 1. The van der Waals surface area contributed by atoms with Gasteiger partial charge in [0.05, 0.1) is 6.04 Å². The number of hydrogen-bond acceptors (Lipinski definition) is 6. The maximum atomic E-state index is 12.8. The van der Waals surface area contributed by atoms with Crippen molar-refractivity contribution in [2.24, 2.45) is 28.1 Å². The first-order chi connectivity index (χ1) is 15.0. The first-order valence-electron chi connectivity index (χ1n) is 10.4. The third kappa shape index (κ3) is 10.1. The molecule has 0 heterocycles. The Kier molecular flexibility index (Phi) is 11.0. The summed E-state index contributed by atoms with van der Waals surface area (Å²) >= 11 is 0. The molecule has 2 amide bonds. The summed E-state index contributed by atoms with van der Waals surface area (Å²) in [5, 5.41) is 24.0. The van der Waals surface area contributed by atoms with E-state index in [1.54, 1.807) is 12.1 Å². The lowest BCUT2D eigenvalue weighted by Crippen LogP contribution is -2.55. The van der Waals surface area contributed by atoms with Crippen LogP contribution in [0.15, 0.2) is 29.3 Å². The van der Waals surface area contributed by atoms with Crippen molar-refractivity contribution in [1.29, 1.82) is 0 Å². The third-order valence-electron chi connectivity index (χ3n) is 4.64. The van der Waals surface area contributed by atoms with E-state index in [9.17, 15) is 24.6 Å². The van der Waals surface area contributed by atoms with Crippen LogP contribution in [0.5, 0.6) is 5.75 Å². The van der Waals surface area contributed by atoms with E-state index in [0.717, 1.165) is 0 Å². The zero-order chi connectivity index (χ0) is 24.3.